The Bertz CT molecular complexity index is 665. The van der Waals surface area contributed by atoms with Crippen molar-refractivity contribution in [3.8, 4) is 5.75 Å². The van der Waals surface area contributed by atoms with Crippen LogP contribution < -0.4 is 4.74 Å². The maximum atomic E-state index is 13.0. The summed E-state index contributed by atoms with van der Waals surface area (Å²) in [7, 11) is 3.18. The average Bonchev–Trinajstić information content (AvgIpc) is 2.61. The van der Waals surface area contributed by atoms with Crippen molar-refractivity contribution in [1.82, 2.24) is 9.88 Å². The van der Waals surface area contributed by atoms with Gasteiger partial charge in [0.1, 0.15) is 5.75 Å². The van der Waals surface area contributed by atoms with Crippen molar-refractivity contribution in [3.63, 3.8) is 0 Å². The van der Waals surface area contributed by atoms with E-state index in [2.05, 4.69) is 4.98 Å². The van der Waals surface area contributed by atoms with E-state index in [4.69, 9.17) is 21.1 Å². The van der Waals surface area contributed by atoms with Gasteiger partial charge >= 0.3 is 0 Å². The van der Waals surface area contributed by atoms with Crippen molar-refractivity contribution in [1.29, 1.82) is 0 Å². The van der Waals surface area contributed by atoms with Crippen LogP contribution in [0.3, 0.4) is 0 Å². The minimum atomic E-state index is -0.101. The van der Waals surface area contributed by atoms with Gasteiger partial charge in [0, 0.05) is 44.2 Å². The summed E-state index contributed by atoms with van der Waals surface area (Å²) in [6.45, 7) is 1.68. The van der Waals surface area contributed by atoms with Crippen molar-refractivity contribution in [2.45, 2.75) is 13.0 Å². The topological polar surface area (TPSA) is 51.7 Å². The lowest BCUT2D eigenvalue weighted by atomic mass is 10.1. The first-order valence-corrected chi connectivity index (χ1v) is 8.04. The molecule has 0 unspecified atom stereocenters. The SMILES string of the molecule is COCCCN(Cc1ccncc1)C(=O)c1ccc(Cl)cc1OC. The van der Waals surface area contributed by atoms with E-state index >= 15 is 0 Å². The molecule has 1 aromatic carbocycles. The molecule has 6 heteroatoms. The standard InChI is InChI=1S/C18H21ClN2O3/c1-23-11-3-10-21(13-14-6-8-20-9-7-14)18(22)16-5-4-15(19)12-17(16)24-2/h4-9,12H,3,10-11,13H2,1-2H3. The Morgan fingerprint density at radius 1 is 1.21 bits per heavy atom. The molecule has 0 spiro atoms. The number of pyridine rings is 1. The summed E-state index contributed by atoms with van der Waals surface area (Å²) in [4.78, 5) is 18.8. The van der Waals surface area contributed by atoms with E-state index in [-0.39, 0.29) is 5.91 Å². The third-order valence-corrected chi connectivity index (χ3v) is 3.82. The third kappa shape index (κ3) is 4.94. The molecule has 0 bridgehead atoms. The molecule has 1 aromatic heterocycles. The normalized spacial score (nSPS) is 10.5. The molecular formula is C18H21ClN2O3. The van der Waals surface area contributed by atoms with Crippen molar-refractivity contribution < 1.29 is 14.3 Å². The molecule has 0 saturated heterocycles. The number of methoxy groups -OCH3 is 2. The number of carbonyl (C=O) groups excluding carboxylic acids is 1. The maximum Gasteiger partial charge on any atom is 0.257 e. The van der Waals surface area contributed by atoms with E-state index in [0.29, 0.717) is 36.0 Å². The minimum absolute atomic E-state index is 0.101. The van der Waals surface area contributed by atoms with E-state index in [0.717, 1.165) is 12.0 Å². The lowest BCUT2D eigenvalue weighted by molar-refractivity contribution is 0.0720. The number of benzene rings is 1. The van der Waals surface area contributed by atoms with Gasteiger partial charge in [-0.1, -0.05) is 11.6 Å². The molecule has 1 heterocycles. The number of amides is 1. The Hall–Kier alpha value is -2.11. The summed E-state index contributed by atoms with van der Waals surface area (Å²) in [6, 6.07) is 8.83. The van der Waals surface area contributed by atoms with Crippen LogP contribution in [0, 0.1) is 0 Å². The van der Waals surface area contributed by atoms with Gasteiger partial charge in [-0.2, -0.15) is 0 Å². The van der Waals surface area contributed by atoms with Gasteiger partial charge < -0.3 is 14.4 Å². The van der Waals surface area contributed by atoms with Gasteiger partial charge in [-0.05, 0) is 42.3 Å². The van der Waals surface area contributed by atoms with Crippen LogP contribution in [0.1, 0.15) is 22.3 Å². The van der Waals surface area contributed by atoms with Crippen molar-refractivity contribution in [3.05, 3.63) is 58.9 Å². The summed E-state index contributed by atoms with van der Waals surface area (Å²) in [6.07, 6.45) is 4.19. The highest BCUT2D eigenvalue weighted by atomic mass is 35.5. The number of carbonyl (C=O) groups is 1. The molecule has 0 fully saturated rings. The molecule has 0 aliphatic heterocycles. The highest BCUT2D eigenvalue weighted by Crippen LogP contribution is 2.25. The molecule has 5 nitrogen and oxygen atoms in total. The fourth-order valence-corrected chi connectivity index (χ4v) is 2.53. The van der Waals surface area contributed by atoms with Gasteiger partial charge in [0.15, 0.2) is 0 Å². The first-order valence-electron chi connectivity index (χ1n) is 7.66. The van der Waals surface area contributed by atoms with Gasteiger partial charge in [-0.3, -0.25) is 9.78 Å². The molecule has 0 aliphatic rings. The molecule has 128 valence electrons. The molecule has 2 rings (SSSR count). The Balaban J connectivity index is 2.23. The first kappa shape index (κ1) is 18.2. The van der Waals surface area contributed by atoms with Crippen molar-refractivity contribution >= 4 is 17.5 Å². The number of halogens is 1. The van der Waals surface area contributed by atoms with E-state index in [9.17, 15) is 4.79 Å². The highest BCUT2D eigenvalue weighted by molar-refractivity contribution is 6.30. The average molecular weight is 349 g/mol. The number of ether oxygens (including phenoxy) is 2. The second-order valence-electron chi connectivity index (χ2n) is 5.27. The monoisotopic (exact) mass is 348 g/mol. The van der Waals surface area contributed by atoms with E-state index < -0.39 is 0 Å². The fourth-order valence-electron chi connectivity index (χ4n) is 2.37. The second kappa shape index (κ2) is 9.25. The zero-order valence-corrected chi connectivity index (χ0v) is 14.6. The van der Waals surface area contributed by atoms with Crippen molar-refractivity contribution in [2.75, 3.05) is 27.4 Å². The second-order valence-corrected chi connectivity index (χ2v) is 5.71. The Morgan fingerprint density at radius 2 is 1.96 bits per heavy atom. The van der Waals surface area contributed by atoms with Crippen LogP contribution in [0.15, 0.2) is 42.7 Å². The number of nitrogens with zero attached hydrogens (tertiary/aromatic N) is 2. The highest BCUT2D eigenvalue weighted by Gasteiger charge is 2.20. The predicted molar refractivity (Wildman–Crippen MR) is 93.5 cm³/mol. The molecule has 24 heavy (non-hydrogen) atoms. The summed E-state index contributed by atoms with van der Waals surface area (Å²) in [5, 5.41) is 0.531. The zero-order chi connectivity index (χ0) is 17.4. The van der Waals surface area contributed by atoms with Gasteiger partial charge in [-0.25, -0.2) is 0 Å². The van der Waals surface area contributed by atoms with Crippen LogP contribution in [-0.2, 0) is 11.3 Å². The van der Waals surface area contributed by atoms with Crippen LogP contribution in [0.2, 0.25) is 5.02 Å². The van der Waals surface area contributed by atoms with E-state index in [1.807, 2.05) is 12.1 Å². The fraction of sp³-hybridized carbons (Fsp3) is 0.333. The zero-order valence-electron chi connectivity index (χ0n) is 13.9. The minimum Gasteiger partial charge on any atom is -0.496 e. The summed E-state index contributed by atoms with van der Waals surface area (Å²) >= 11 is 5.98. The van der Waals surface area contributed by atoms with Gasteiger partial charge in [0.2, 0.25) is 0 Å². The van der Waals surface area contributed by atoms with Gasteiger partial charge in [0.25, 0.3) is 5.91 Å². The molecule has 0 N–H and O–H groups in total. The van der Waals surface area contributed by atoms with E-state index in [1.54, 1.807) is 42.6 Å². The van der Waals surface area contributed by atoms with Crippen LogP contribution in [0.25, 0.3) is 0 Å². The van der Waals surface area contributed by atoms with E-state index in [1.165, 1.54) is 7.11 Å². The smallest absolute Gasteiger partial charge is 0.257 e. The molecular weight excluding hydrogens is 328 g/mol. The number of rotatable bonds is 8. The molecule has 0 aliphatic carbocycles. The van der Waals surface area contributed by atoms with Gasteiger partial charge in [0.05, 0.1) is 12.7 Å². The Kier molecular flexibility index (Phi) is 7.03. The molecule has 0 radical (unpaired) electrons. The third-order valence-electron chi connectivity index (χ3n) is 3.58. The molecule has 0 saturated carbocycles. The van der Waals surface area contributed by atoms with Crippen LogP contribution >= 0.6 is 11.6 Å². The van der Waals surface area contributed by atoms with Crippen LogP contribution in [0.4, 0.5) is 0 Å². The Morgan fingerprint density at radius 3 is 2.62 bits per heavy atom. The summed E-state index contributed by atoms with van der Waals surface area (Å²) < 4.78 is 10.4. The lowest BCUT2D eigenvalue weighted by Crippen LogP contribution is -2.32. The summed E-state index contributed by atoms with van der Waals surface area (Å²) in [5.74, 6) is 0.371. The summed E-state index contributed by atoms with van der Waals surface area (Å²) in [5.41, 5.74) is 1.51. The molecule has 2 aromatic rings. The number of hydrogen-bond acceptors (Lipinski definition) is 4. The molecule has 0 atom stereocenters. The predicted octanol–water partition coefficient (Wildman–Crippen LogP) is 3.42. The lowest BCUT2D eigenvalue weighted by Gasteiger charge is -2.24. The largest absolute Gasteiger partial charge is 0.496 e. The number of aromatic nitrogens is 1. The van der Waals surface area contributed by atoms with Gasteiger partial charge in [-0.15, -0.1) is 0 Å². The van der Waals surface area contributed by atoms with Crippen molar-refractivity contribution in [2.24, 2.45) is 0 Å². The Labute approximate surface area is 147 Å². The maximum absolute atomic E-state index is 13.0. The molecule has 1 amide bonds. The van der Waals surface area contributed by atoms with Crippen LogP contribution in [-0.4, -0.2) is 43.2 Å². The van der Waals surface area contributed by atoms with Crippen LogP contribution in [0.5, 0.6) is 5.75 Å². The first-order chi connectivity index (χ1) is 11.7. The number of hydrogen-bond donors (Lipinski definition) is 0. The quantitative estimate of drug-likeness (QED) is 0.686.